The number of hydrogen-bond acceptors (Lipinski definition) is 2. The Morgan fingerprint density at radius 2 is 1.70 bits per heavy atom. The summed E-state index contributed by atoms with van der Waals surface area (Å²) in [6.07, 6.45) is 0. The molecule has 0 unspecified atom stereocenters. The Hall–Kier alpha value is -1.95. The summed E-state index contributed by atoms with van der Waals surface area (Å²) in [4.78, 5) is 0.185. The van der Waals surface area contributed by atoms with Crippen molar-refractivity contribution in [3.8, 4) is 0 Å². The van der Waals surface area contributed by atoms with Gasteiger partial charge in [-0.25, -0.2) is 17.5 Å². The summed E-state index contributed by atoms with van der Waals surface area (Å²) in [6.45, 7) is 0.0369. The first kappa shape index (κ1) is 15.9. The number of hydrogen-bond donors (Lipinski definition) is 1. The number of sulfonamides is 1. The smallest absolute Gasteiger partial charge is 0.207 e. The first-order valence-electron chi connectivity index (χ1n) is 6.88. The van der Waals surface area contributed by atoms with E-state index in [-0.39, 0.29) is 16.5 Å². The van der Waals surface area contributed by atoms with Crippen molar-refractivity contribution >= 4 is 32.4 Å². The van der Waals surface area contributed by atoms with Crippen molar-refractivity contribution in [1.82, 2.24) is 4.72 Å². The van der Waals surface area contributed by atoms with Gasteiger partial charge in [0.25, 0.3) is 0 Å². The number of rotatable bonds is 4. The Labute approximate surface area is 138 Å². The van der Waals surface area contributed by atoms with Crippen molar-refractivity contribution in [2.75, 3.05) is 0 Å². The molecule has 3 aromatic rings. The van der Waals surface area contributed by atoms with Crippen LogP contribution in [0, 0.1) is 5.82 Å². The topological polar surface area (TPSA) is 46.2 Å². The van der Waals surface area contributed by atoms with Crippen LogP contribution in [0.25, 0.3) is 10.8 Å². The van der Waals surface area contributed by atoms with Crippen molar-refractivity contribution in [1.29, 1.82) is 0 Å². The zero-order chi connectivity index (χ0) is 16.4. The minimum Gasteiger partial charge on any atom is -0.207 e. The lowest BCUT2D eigenvalue weighted by Gasteiger charge is -2.08. The molecule has 3 nitrogen and oxygen atoms in total. The zero-order valence-corrected chi connectivity index (χ0v) is 13.5. The van der Waals surface area contributed by atoms with Gasteiger partial charge >= 0.3 is 0 Å². The SMILES string of the molecule is O=S(=O)(NCc1ccc(F)c(Cl)c1)c1ccc2ccccc2c1. The van der Waals surface area contributed by atoms with Gasteiger partial charge in [0.15, 0.2) is 0 Å². The van der Waals surface area contributed by atoms with E-state index >= 15 is 0 Å². The van der Waals surface area contributed by atoms with Crippen LogP contribution in [0.5, 0.6) is 0 Å². The fourth-order valence-electron chi connectivity index (χ4n) is 2.25. The van der Waals surface area contributed by atoms with Crippen LogP contribution in [-0.2, 0) is 16.6 Å². The van der Waals surface area contributed by atoms with Crippen molar-refractivity contribution in [3.05, 3.63) is 77.1 Å². The lowest BCUT2D eigenvalue weighted by Crippen LogP contribution is -2.23. The number of nitrogens with one attached hydrogen (secondary N) is 1. The van der Waals surface area contributed by atoms with Crippen LogP contribution in [0.1, 0.15) is 5.56 Å². The van der Waals surface area contributed by atoms with E-state index in [0.717, 1.165) is 10.8 Å². The summed E-state index contributed by atoms with van der Waals surface area (Å²) >= 11 is 5.69. The number of halogens is 2. The van der Waals surface area contributed by atoms with E-state index in [1.807, 2.05) is 24.3 Å². The van der Waals surface area contributed by atoms with Gasteiger partial charge in [0, 0.05) is 6.54 Å². The van der Waals surface area contributed by atoms with Crippen molar-refractivity contribution in [3.63, 3.8) is 0 Å². The van der Waals surface area contributed by atoms with Gasteiger partial charge in [-0.15, -0.1) is 0 Å². The average molecular weight is 350 g/mol. The van der Waals surface area contributed by atoms with Crippen LogP contribution in [0.3, 0.4) is 0 Å². The minimum absolute atomic E-state index is 0.0348. The zero-order valence-electron chi connectivity index (χ0n) is 12.0. The van der Waals surface area contributed by atoms with Crippen LogP contribution < -0.4 is 4.72 Å². The summed E-state index contributed by atoms with van der Waals surface area (Å²) in [5.74, 6) is -0.534. The molecule has 1 N–H and O–H groups in total. The molecule has 0 bridgehead atoms. The minimum atomic E-state index is -3.66. The Morgan fingerprint density at radius 3 is 2.43 bits per heavy atom. The third kappa shape index (κ3) is 3.52. The van der Waals surface area contributed by atoms with Gasteiger partial charge in [-0.1, -0.05) is 48.0 Å². The standard InChI is InChI=1S/C17H13ClFNO2S/c18-16-9-12(5-8-17(16)19)11-20-23(21,22)15-7-6-13-3-1-2-4-14(13)10-15/h1-10,20H,11H2. The predicted molar refractivity (Wildman–Crippen MR) is 89.4 cm³/mol. The van der Waals surface area contributed by atoms with Crippen LogP contribution in [0.4, 0.5) is 4.39 Å². The van der Waals surface area contributed by atoms with Crippen LogP contribution in [0.2, 0.25) is 5.02 Å². The van der Waals surface area contributed by atoms with Crippen LogP contribution >= 0.6 is 11.6 Å². The van der Waals surface area contributed by atoms with E-state index < -0.39 is 15.8 Å². The molecule has 0 fully saturated rings. The molecule has 0 atom stereocenters. The monoisotopic (exact) mass is 349 g/mol. The Bertz CT molecular complexity index is 973. The van der Waals surface area contributed by atoms with Crippen molar-refractivity contribution < 1.29 is 12.8 Å². The quantitative estimate of drug-likeness (QED) is 0.770. The Kier molecular flexibility index (Phi) is 4.35. The van der Waals surface area contributed by atoms with Crippen molar-refractivity contribution in [2.24, 2.45) is 0 Å². The molecule has 0 aliphatic heterocycles. The van der Waals surface area contributed by atoms with Gasteiger partial charge < -0.3 is 0 Å². The second-order valence-corrected chi connectivity index (χ2v) is 7.26. The lowest BCUT2D eigenvalue weighted by atomic mass is 10.1. The summed E-state index contributed by atoms with van der Waals surface area (Å²) in [5.41, 5.74) is 0.584. The maximum atomic E-state index is 13.1. The van der Waals surface area contributed by atoms with E-state index in [0.29, 0.717) is 5.56 Å². The molecular weight excluding hydrogens is 337 g/mol. The van der Waals surface area contributed by atoms with E-state index in [1.54, 1.807) is 18.2 Å². The largest absolute Gasteiger partial charge is 0.240 e. The molecule has 118 valence electrons. The molecule has 0 radical (unpaired) electrons. The summed E-state index contributed by atoms with van der Waals surface area (Å²) in [5, 5.41) is 1.78. The van der Waals surface area contributed by atoms with Crippen molar-refractivity contribution in [2.45, 2.75) is 11.4 Å². The van der Waals surface area contributed by atoms with Gasteiger partial charge in [0.1, 0.15) is 5.82 Å². The van der Waals surface area contributed by atoms with Gasteiger partial charge in [-0.2, -0.15) is 0 Å². The highest BCUT2D eigenvalue weighted by Crippen LogP contribution is 2.20. The number of benzene rings is 3. The highest BCUT2D eigenvalue weighted by atomic mass is 35.5. The average Bonchev–Trinajstić information content (AvgIpc) is 2.55. The molecule has 6 heteroatoms. The van der Waals surface area contributed by atoms with Gasteiger partial charge in [0.2, 0.25) is 10.0 Å². The number of fused-ring (bicyclic) bond motifs is 1. The maximum absolute atomic E-state index is 13.1. The van der Waals surface area contributed by atoms with Crippen LogP contribution in [0.15, 0.2) is 65.6 Å². The Morgan fingerprint density at radius 1 is 0.957 bits per heavy atom. The summed E-state index contributed by atoms with van der Waals surface area (Å²) in [7, 11) is -3.66. The third-order valence-electron chi connectivity index (χ3n) is 3.48. The molecule has 3 rings (SSSR count). The maximum Gasteiger partial charge on any atom is 0.240 e. The molecule has 0 aromatic heterocycles. The van der Waals surface area contributed by atoms with Gasteiger partial charge in [-0.3, -0.25) is 0 Å². The summed E-state index contributed by atoms with van der Waals surface area (Å²) < 4.78 is 40.4. The third-order valence-corrected chi connectivity index (χ3v) is 5.17. The highest BCUT2D eigenvalue weighted by molar-refractivity contribution is 7.89. The Balaban J connectivity index is 1.83. The predicted octanol–water partition coefficient (Wildman–Crippen LogP) is 4.11. The van der Waals surface area contributed by atoms with Crippen LogP contribution in [-0.4, -0.2) is 8.42 Å². The second-order valence-electron chi connectivity index (χ2n) is 5.08. The van der Waals surface area contributed by atoms with E-state index in [4.69, 9.17) is 11.6 Å². The van der Waals surface area contributed by atoms with E-state index in [2.05, 4.69) is 4.72 Å². The molecular formula is C17H13ClFNO2S. The lowest BCUT2D eigenvalue weighted by molar-refractivity contribution is 0.581. The normalized spacial score (nSPS) is 11.7. The molecule has 0 amide bonds. The first-order valence-corrected chi connectivity index (χ1v) is 8.74. The highest BCUT2D eigenvalue weighted by Gasteiger charge is 2.14. The second kappa shape index (κ2) is 6.28. The van der Waals surface area contributed by atoms with Gasteiger partial charge in [-0.05, 0) is 40.6 Å². The first-order chi connectivity index (χ1) is 11.0. The molecule has 0 aliphatic rings. The molecule has 0 saturated heterocycles. The molecule has 0 heterocycles. The van der Waals surface area contributed by atoms with Gasteiger partial charge in [0.05, 0.1) is 9.92 Å². The fraction of sp³-hybridized carbons (Fsp3) is 0.0588. The fourth-order valence-corrected chi connectivity index (χ4v) is 3.50. The molecule has 0 aliphatic carbocycles. The van der Waals surface area contributed by atoms with E-state index in [1.165, 1.54) is 18.2 Å². The summed E-state index contributed by atoms with van der Waals surface area (Å²) in [6, 6.07) is 16.6. The van der Waals surface area contributed by atoms with E-state index in [9.17, 15) is 12.8 Å². The molecule has 23 heavy (non-hydrogen) atoms. The molecule has 3 aromatic carbocycles. The molecule has 0 spiro atoms. The molecule has 0 saturated carbocycles.